The largest absolute Gasteiger partial charge is 0.488 e. The highest BCUT2D eigenvalue weighted by Gasteiger charge is 2.37. The van der Waals surface area contributed by atoms with E-state index in [9.17, 15) is 33.6 Å². The number of ether oxygens (including phenoxy) is 4. The van der Waals surface area contributed by atoms with Gasteiger partial charge in [-0.15, -0.1) is 5.06 Å². The molecule has 1 aliphatic heterocycles. The lowest BCUT2D eigenvalue weighted by molar-refractivity contribution is -0.199. The Hall–Kier alpha value is -7.43. The van der Waals surface area contributed by atoms with Gasteiger partial charge in [0.15, 0.2) is 0 Å². The van der Waals surface area contributed by atoms with Crippen molar-refractivity contribution in [1.82, 2.24) is 26.3 Å². The maximum absolute atomic E-state index is 14.7. The van der Waals surface area contributed by atoms with Crippen LogP contribution in [0, 0.1) is 0 Å². The van der Waals surface area contributed by atoms with Crippen molar-refractivity contribution >= 4 is 41.8 Å². The van der Waals surface area contributed by atoms with E-state index in [1.165, 1.54) is 0 Å². The number of benzene rings is 4. The zero-order chi connectivity index (χ0) is 53.1. The first-order valence-corrected chi connectivity index (χ1v) is 24.7. The van der Waals surface area contributed by atoms with E-state index in [2.05, 4.69) is 21.3 Å². The number of carbonyl (C=O) groups is 7. The van der Waals surface area contributed by atoms with E-state index in [4.69, 9.17) is 23.8 Å². The first-order chi connectivity index (χ1) is 34.4. The van der Waals surface area contributed by atoms with Gasteiger partial charge < -0.3 is 45.1 Å². The molecule has 4 aromatic rings. The maximum atomic E-state index is 14.7. The van der Waals surface area contributed by atoms with Gasteiger partial charge in [0.2, 0.25) is 11.8 Å². The number of hydroxylamine groups is 2. The summed E-state index contributed by atoms with van der Waals surface area (Å²) in [7, 11) is 0. The molecule has 1 aliphatic carbocycles. The van der Waals surface area contributed by atoms with Crippen LogP contribution in [0.1, 0.15) is 123 Å². The normalized spacial score (nSPS) is 14.7. The molecule has 17 nitrogen and oxygen atoms in total. The second kappa shape index (κ2) is 23.9. The summed E-state index contributed by atoms with van der Waals surface area (Å²) < 4.78 is 23.2. The van der Waals surface area contributed by atoms with Crippen molar-refractivity contribution in [2.24, 2.45) is 0 Å². The molecular weight excluding hydrogens is 935 g/mol. The van der Waals surface area contributed by atoms with Gasteiger partial charge >= 0.3 is 18.2 Å². The van der Waals surface area contributed by atoms with Gasteiger partial charge in [-0.2, -0.15) is 0 Å². The number of nitrogens with one attached hydrogen (secondary N) is 4. The summed E-state index contributed by atoms with van der Waals surface area (Å²) in [6, 6.07) is 25.8. The molecule has 4 N–H and O–H groups in total. The van der Waals surface area contributed by atoms with Gasteiger partial charge in [-0.25, -0.2) is 14.4 Å². The fourth-order valence-electron chi connectivity index (χ4n) is 8.35. The SMILES string of the molecule is CC(C)(C)OC(=O)NCCCC[C@@H](NC(=O)[C@@H](Cc1ccc(OC(C)(C)C)cc1)NC(=O)[C@@H](Cc1ccc(OC(C)(C)C)cc1)NC(=O)OCC1c2ccccc2-c2ccccc21)C(=O)ON1C(=O)CCC1=O. The van der Waals surface area contributed by atoms with Gasteiger partial charge in [0, 0.05) is 38.1 Å². The lowest BCUT2D eigenvalue weighted by Crippen LogP contribution is -2.57. The molecule has 4 aromatic carbocycles. The van der Waals surface area contributed by atoms with E-state index in [0.717, 1.165) is 22.3 Å². The van der Waals surface area contributed by atoms with Crippen LogP contribution >= 0.6 is 0 Å². The molecule has 0 unspecified atom stereocenters. The highest BCUT2D eigenvalue weighted by atomic mass is 16.7. The van der Waals surface area contributed by atoms with E-state index in [1.807, 2.05) is 90.1 Å². The number of unbranched alkanes of at least 4 members (excludes halogenated alkanes) is 1. The molecule has 1 saturated heterocycles. The molecule has 0 radical (unpaired) electrons. The quantitative estimate of drug-likeness (QED) is 0.0489. The van der Waals surface area contributed by atoms with Crippen molar-refractivity contribution in [2.45, 2.75) is 148 Å². The number of nitrogens with zero attached hydrogens (tertiary/aromatic N) is 1. The molecule has 1 heterocycles. The minimum absolute atomic E-state index is 0.0177. The Morgan fingerprint density at radius 1 is 0.575 bits per heavy atom. The fraction of sp³-hybridized carbons (Fsp3) is 0.446. The van der Waals surface area contributed by atoms with Crippen LogP contribution in [-0.4, -0.2) is 94.9 Å². The first kappa shape index (κ1) is 54.9. The summed E-state index contributed by atoms with van der Waals surface area (Å²) in [4.78, 5) is 99.6. The van der Waals surface area contributed by atoms with Gasteiger partial charge in [0.05, 0.1) is 0 Å². The predicted molar refractivity (Wildman–Crippen MR) is 272 cm³/mol. The lowest BCUT2D eigenvalue weighted by Gasteiger charge is -2.26. The van der Waals surface area contributed by atoms with Gasteiger partial charge in [0.1, 0.15) is 53.0 Å². The van der Waals surface area contributed by atoms with E-state index >= 15 is 0 Å². The number of alkyl carbamates (subject to hydrolysis) is 2. The van der Waals surface area contributed by atoms with E-state index in [-0.39, 0.29) is 57.6 Å². The minimum atomic E-state index is -1.42. The van der Waals surface area contributed by atoms with Gasteiger partial charge in [-0.1, -0.05) is 72.8 Å². The third-order valence-electron chi connectivity index (χ3n) is 11.5. The molecule has 0 bridgehead atoms. The molecule has 17 heteroatoms. The van der Waals surface area contributed by atoms with E-state index < -0.39 is 76.7 Å². The van der Waals surface area contributed by atoms with Gasteiger partial charge in [0.25, 0.3) is 11.8 Å². The minimum Gasteiger partial charge on any atom is -0.488 e. The van der Waals surface area contributed by atoms with Crippen LogP contribution in [0.3, 0.4) is 0 Å². The fourth-order valence-corrected chi connectivity index (χ4v) is 8.35. The summed E-state index contributed by atoms with van der Waals surface area (Å²) in [5.74, 6) is -3.13. The van der Waals surface area contributed by atoms with Crippen molar-refractivity contribution in [3.63, 3.8) is 0 Å². The zero-order valence-corrected chi connectivity index (χ0v) is 43.3. The Kier molecular flexibility index (Phi) is 17.9. The van der Waals surface area contributed by atoms with Crippen LogP contribution in [-0.2, 0) is 51.1 Å². The van der Waals surface area contributed by atoms with Crippen molar-refractivity contribution < 1.29 is 57.3 Å². The smallest absolute Gasteiger partial charge is 0.407 e. The van der Waals surface area contributed by atoms with Crippen LogP contribution in [0.15, 0.2) is 97.1 Å². The molecule has 390 valence electrons. The molecule has 6 amide bonds. The highest BCUT2D eigenvalue weighted by molar-refractivity contribution is 6.02. The van der Waals surface area contributed by atoms with Crippen LogP contribution < -0.4 is 30.7 Å². The molecule has 73 heavy (non-hydrogen) atoms. The second-order valence-corrected chi connectivity index (χ2v) is 21.2. The number of hydrogen-bond acceptors (Lipinski definition) is 12. The third kappa shape index (κ3) is 16.6. The van der Waals surface area contributed by atoms with Crippen LogP contribution in [0.4, 0.5) is 9.59 Å². The Morgan fingerprint density at radius 3 is 1.52 bits per heavy atom. The van der Waals surface area contributed by atoms with Crippen molar-refractivity contribution in [1.29, 1.82) is 0 Å². The summed E-state index contributed by atoms with van der Waals surface area (Å²) in [6.07, 6.45) is -1.33. The van der Waals surface area contributed by atoms with Crippen LogP contribution in [0.25, 0.3) is 11.1 Å². The number of fused-ring (bicyclic) bond motifs is 3. The molecule has 0 spiro atoms. The molecular formula is C56H69N5O12. The van der Waals surface area contributed by atoms with Crippen molar-refractivity contribution in [3.8, 4) is 22.6 Å². The number of imide groups is 1. The molecule has 2 aliphatic rings. The number of rotatable bonds is 20. The van der Waals surface area contributed by atoms with Gasteiger partial charge in [-0.3, -0.25) is 19.2 Å². The second-order valence-electron chi connectivity index (χ2n) is 21.2. The van der Waals surface area contributed by atoms with Crippen molar-refractivity contribution in [2.75, 3.05) is 13.2 Å². The third-order valence-corrected chi connectivity index (χ3v) is 11.5. The lowest BCUT2D eigenvalue weighted by atomic mass is 9.98. The average Bonchev–Trinajstić information content (AvgIpc) is 3.80. The monoisotopic (exact) mass is 1000 g/mol. The van der Waals surface area contributed by atoms with Crippen LogP contribution in [0.2, 0.25) is 0 Å². The molecule has 0 saturated carbocycles. The first-order valence-electron chi connectivity index (χ1n) is 24.7. The molecule has 1 fully saturated rings. The summed E-state index contributed by atoms with van der Waals surface area (Å²) in [5.41, 5.74) is 3.70. The number of amides is 6. The number of carbonyl (C=O) groups excluding carboxylic acids is 7. The van der Waals surface area contributed by atoms with E-state index in [1.54, 1.807) is 69.3 Å². The highest BCUT2D eigenvalue weighted by Crippen LogP contribution is 2.44. The maximum Gasteiger partial charge on any atom is 0.407 e. The topological polar surface area (TPSA) is 217 Å². The standard InChI is InChI=1S/C56H69N5O12/c1-54(2,3)70-37-25-21-35(22-26-37)32-45(49(64)58-44(51(66)73-61-47(62)29-30-48(61)63)20-14-15-31-57-52(67)72-56(7,8)9)59-50(65)46(33-36-23-27-38(28-24-36)71-55(4,5)6)60-53(68)69-34-43-41-18-12-10-16-39(41)40-17-11-13-19-42(40)43/h10-13,16-19,21-28,43-46H,14-15,20,29-34H2,1-9H3,(H,57,67)(H,58,64)(H,59,65)(H,60,68)/t44-,45-,46-/m1/s1. The Balaban J connectivity index is 1.25. The van der Waals surface area contributed by atoms with Gasteiger partial charge in [-0.05, 0) is 139 Å². The summed E-state index contributed by atoms with van der Waals surface area (Å²) in [5, 5.41) is 11.4. The predicted octanol–water partition coefficient (Wildman–Crippen LogP) is 8.01. The number of hydrogen-bond donors (Lipinski definition) is 4. The average molecular weight is 1000 g/mol. The van der Waals surface area contributed by atoms with E-state index in [0.29, 0.717) is 34.1 Å². The Labute approximate surface area is 427 Å². The Bertz CT molecular complexity index is 2550. The van der Waals surface area contributed by atoms with Crippen LogP contribution in [0.5, 0.6) is 11.5 Å². The zero-order valence-electron chi connectivity index (χ0n) is 43.3. The molecule has 3 atom stereocenters. The summed E-state index contributed by atoms with van der Waals surface area (Å²) in [6.45, 7) is 16.9. The van der Waals surface area contributed by atoms with Crippen molar-refractivity contribution in [3.05, 3.63) is 119 Å². The summed E-state index contributed by atoms with van der Waals surface area (Å²) >= 11 is 0. The molecule has 6 rings (SSSR count). The Morgan fingerprint density at radius 2 is 1.04 bits per heavy atom. The molecule has 0 aromatic heterocycles.